The number of aliphatic carboxylic acids is 1. The van der Waals surface area contributed by atoms with Crippen LogP contribution in [0.1, 0.15) is 40.0 Å². The number of rotatable bonds is 8. The Labute approximate surface area is 188 Å². The highest BCUT2D eigenvalue weighted by molar-refractivity contribution is 5.94. The van der Waals surface area contributed by atoms with Crippen LogP contribution < -0.4 is 10.8 Å². The molecular formula is C23H21N3O7. The summed E-state index contributed by atoms with van der Waals surface area (Å²) >= 11 is 0. The van der Waals surface area contributed by atoms with E-state index in [1.807, 2.05) is 54.0 Å². The van der Waals surface area contributed by atoms with E-state index in [1.54, 1.807) is 0 Å². The van der Waals surface area contributed by atoms with Gasteiger partial charge in [0.1, 0.15) is 24.1 Å². The van der Waals surface area contributed by atoms with Gasteiger partial charge in [0.2, 0.25) is 0 Å². The lowest BCUT2D eigenvalue weighted by Crippen LogP contribution is -2.33. The molecule has 1 aliphatic carbocycles. The van der Waals surface area contributed by atoms with Gasteiger partial charge < -0.3 is 19.7 Å². The molecule has 1 unspecified atom stereocenters. The fourth-order valence-electron chi connectivity index (χ4n) is 3.62. The molecule has 10 heteroatoms. The zero-order chi connectivity index (χ0) is 23.4. The van der Waals surface area contributed by atoms with E-state index in [2.05, 4.69) is 10.5 Å². The highest BCUT2D eigenvalue weighted by atomic mass is 16.7. The van der Waals surface area contributed by atoms with Crippen LogP contribution in [0.4, 0.5) is 4.79 Å². The van der Waals surface area contributed by atoms with Gasteiger partial charge in [-0.2, -0.15) is 0 Å². The van der Waals surface area contributed by atoms with E-state index in [-0.39, 0.29) is 30.3 Å². The van der Waals surface area contributed by atoms with Crippen molar-refractivity contribution < 1.29 is 33.6 Å². The number of nitrogens with one attached hydrogen (secondary N) is 2. The van der Waals surface area contributed by atoms with E-state index in [4.69, 9.17) is 19.2 Å². The smallest absolute Gasteiger partial charge is 0.407 e. The molecule has 0 saturated heterocycles. The molecular weight excluding hydrogens is 430 g/mol. The van der Waals surface area contributed by atoms with Crippen LogP contribution in [0.3, 0.4) is 0 Å². The van der Waals surface area contributed by atoms with Crippen molar-refractivity contribution in [3.05, 3.63) is 77.2 Å². The monoisotopic (exact) mass is 451 g/mol. The minimum atomic E-state index is -1.24. The van der Waals surface area contributed by atoms with Crippen molar-refractivity contribution in [1.82, 2.24) is 16.0 Å². The maximum atomic E-state index is 12.3. The summed E-state index contributed by atoms with van der Waals surface area (Å²) in [6, 6.07) is 16.0. The number of aromatic nitrogens is 1. The first-order valence-electron chi connectivity index (χ1n) is 10.2. The summed E-state index contributed by atoms with van der Waals surface area (Å²) in [5.41, 5.74) is 6.58. The van der Waals surface area contributed by atoms with Crippen molar-refractivity contribution in [2.45, 2.75) is 25.5 Å². The van der Waals surface area contributed by atoms with Crippen molar-refractivity contribution in [2.24, 2.45) is 0 Å². The number of carboxylic acids is 1. The second kappa shape index (κ2) is 9.53. The molecule has 4 rings (SSSR count). The average Bonchev–Trinajstić information content (AvgIpc) is 3.42. The molecule has 0 fully saturated rings. The first kappa shape index (κ1) is 22.0. The number of fused-ring (bicyclic) bond motifs is 3. The summed E-state index contributed by atoms with van der Waals surface area (Å²) in [5.74, 6) is -2.07. The van der Waals surface area contributed by atoms with Crippen LogP contribution >= 0.6 is 0 Å². The third kappa shape index (κ3) is 4.70. The van der Waals surface area contributed by atoms with E-state index in [1.165, 1.54) is 6.92 Å². The van der Waals surface area contributed by atoms with Crippen LogP contribution in [0.2, 0.25) is 0 Å². The van der Waals surface area contributed by atoms with E-state index in [0.29, 0.717) is 0 Å². The maximum Gasteiger partial charge on any atom is 0.407 e. The number of alkyl carbamates (subject to hydrolysis) is 1. The van der Waals surface area contributed by atoms with Crippen LogP contribution in [-0.4, -0.2) is 40.9 Å². The molecule has 1 atom stereocenters. The Bertz CT molecular complexity index is 1140. The quantitative estimate of drug-likeness (QED) is 0.444. The third-order valence-electron chi connectivity index (χ3n) is 5.31. The minimum Gasteiger partial charge on any atom is -0.479 e. The number of carboxylic acid groups (broad SMARTS) is 1. The fourth-order valence-corrected chi connectivity index (χ4v) is 3.62. The SMILES string of the molecule is CC(ONC(=O)c1conc1CNC(=O)OCC1c2ccccc2-c2ccccc21)C(=O)O. The number of ether oxygens (including phenoxy) is 1. The molecule has 33 heavy (non-hydrogen) atoms. The van der Waals surface area contributed by atoms with Gasteiger partial charge in [0.15, 0.2) is 6.10 Å². The first-order valence-corrected chi connectivity index (χ1v) is 10.2. The summed E-state index contributed by atoms with van der Waals surface area (Å²) in [6.07, 6.45) is -0.850. The van der Waals surface area contributed by atoms with Crippen LogP contribution in [-0.2, 0) is 20.9 Å². The Balaban J connectivity index is 1.33. The van der Waals surface area contributed by atoms with E-state index < -0.39 is 24.1 Å². The summed E-state index contributed by atoms with van der Waals surface area (Å²) < 4.78 is 10.2. The zero-order valence-corrected chi connectivity index (χ0v) is 17.6. The van der Waals surface area contributed by atoms with Crippen LogP contribution in [0.25, 0.3) is 11.1 Å². The third-order valence-corrected chi connectivity index (χ3v) is 5.31. The minimum absolute atomic E-state index is 0.00784. The van der Waals surface area contributed by atoms with E-state index in [0.717, 1.165) is 28.5 Å². The van der Waals surface area contributed by atoms with Crippen LogP contribution in [0, 0.1) is 0 Å². The summed E-state index contributed by atoms with van der Waals surface area (Å²) in [4.78, 5) is 40.0. The molecule has 0 spiro atoms. The molecule has 0 bridgehead atoms. The van der Waals surface area contributed by atoms with Gasteiger partial charge in [-0.3, -0.25) is 9.63 Å². The second-order valence-electron chi connectivity index (χ2n) is 7.38. The normalized spacial score (nSPS) is 13.0. The van der Waals surface area contributed by atoms with Gasteiger partial charge in [0.05, 0.1) is 6.54 Å². The second-order valence-corrected chi connectivity index (χ2v) is 7.38. The van der Waals surface area contributed by atoms with E-state index in [9.17, 15) is 14.4 Å². The number of hydrogen-bond donors (Lipinski definition) is 3. The van der Waals surface area contributed by atoms with Crippen LogP contribution in [0.5, 0.6) is 0 Å². The predicted octanol–water partition coefficient (Wildman–Crippen LogP) is 2.85. The molecule has 0 aliphatic heterocycles. The maximum absolute atomic E-state index is 12.3. The van der Waals surface area contributed by atoms with Crippen molar-refractivity contribution in [2.75, 3.05) is 6.61 Å². The van der Waals surface area contributed by atoms with Crippen LogP contribution in [0.15, 0.2) is 59.3 Å². The van der Waals surface area contributed by atoms with Gasteiger partial charge in [-0.15, -0.1) is 0 Å². The molecule has 0 radical (unpaired) electrons. The lowest BCUT2D eigenvalue weighted by molar-refractivity contribution is -0.152. The molecule has 3 aromatic rings. The number of nitrogens with zero attached hydrogens (tertiary/aromatic N) is 1. The molecule has 2 amide bonds. The van der Waals surface area contributed by atoms with Crippen molar-refractivity contribution in [1.29, 1.82) is 0 Å². The Morgan fingerprint density at radius 3 is 2.36 bits per heavy atom. The zero-order valence-electron chi connectivity index (χ0n) is 17.6. The standard InChI is InChI=1S/C23H21N3O7/c1-13(22(28)29)33-26-21(27)19-12-32-25-20(19)10-24-23(30)31-11-18-16-8-4-2-6-14(16)15-7-3-5-9-17(15)18/h2-9,12-13,18H,10-11H2,1H3,(H,24,30)(H,26,27)(H,28,29). The highest BCUT2D eigenvalue weighted by Crippen LogP contribution is 2.44. The number of hydroxylamine groups is 1. The summed E-state index contributed by atoms with van der Waals surface area (Å²) in [7, 11) is 0. The van der Waals surface area contributed by atoms with Gasteiger partial charge in [-0.1, -0.05) is 53.7 Å². The topological polar surface area (TPSA) is 140 Å². The predicted molar refractivity (Wildman–Crippen MR) is 114 cm³/mol. The van der Waals surface area contributed by atoms with Gasteiger partial charge in [0.25, 0.3) is 5.91 Å². The van der Waals surface area contributed by atoms with Crippen molar-refractivity contribution in [3.63, 3.8) is 0 Å². The van der Waals surface area contributed by atoms with Gasteiger partial charge in [-0.05, 0) is 29.2 Å². The molecule has 3 N–H and O–H groups in total. The molecule has 1 aromatic heterocycles. The number of amides is 2. The number of hydrogen-bond acceptors (Lipinski definition) is 7. The number of carbonyl (C=O) groups is 3. The molecule has 1 aliphatic rings. The first-order chi connectivity index (χ1) is 16.0. The molecule has 0 saturated carbocycles. The van der Waals surface area contributed by atoms with Gasteiger partial charge in [-0.25, -0.2) is 15.1 Å². The fraction of sp³-hybridized carbons (Fsp3) is 0.217. The summed E-state index contributed by atoms with van der Waals surface area (Å²) in [6.45, 7) is 1.27. The van der Waals surface area contributed by atoms with Crippen molar-refractivity contribution >= 4 is 18.0 Å². The Kier molecular flexibility index (Phi) is 6.36. The largest absolute Gasteiger partial charge is 0.479 e. The number of benzene rings is 2. The highest BCUT2D eigenvalue weighted by Gasteiger charge is 2.29. The Morgan fingerprint density at radius 1 is 1.09 bits per heavy atom. The van der Waals surface area contributed by atoms with Gasteiger partial charge >= 0.3 is 12.1 Å². The molecule has 1 heterocycles. The van der Waals surface area contributed by atoms with Gasteiger partial charge in [0, 0.05) is 5.92 Å². The lowest BCUT2D eigenvalue weighted by atomic mass is 9.98. The summed E-state index contributed by atoms with van der Waals surface area (Å²) in [5, 5.41) is 15.0. The average molecular weight is 451 g/mol. The molecule has 2 aromatic carbocycles. The Hall–Kier alpha value is -4.18. The molecule has 170 valence electrons. The Morgan fingerprint density at radius 2 is 1.73 bits per heavy atom. The van der Waals surface area contributed by atoms with Crippen molar-refractivity contribution in [3.8, 4) is 11.1 Å². The molecule has 10 nitrogen and oxygen atoms in total. The number of carbonyl (C=O) groups excluding carboxylic acids is 2. The van der Waals surface area contributed by atoms with E-state index >= 15 is 0 Å². The lowest BCUT2D eigenvalue weighted by Gasteiger charge is -2.14.